The minimum Gasteiger partial charge on any atom is -0.497 e. The van der Waals surface area contributed by atoms with Gasteiger partial charge in [-0.15, -0.1) is 0 Å². The highest BCUT2D eigenvalue weighted by Gasteiger charge is 2.25. The van der Waals surface area contributed by atoms with Crippen LogP contribution in [0.15, 0.2) is 71.3 Å². The molecule has 3 rings (SSSR count). The van der Waals surface area contributed by atoms with Gasteiger partial charge in [0.1, 0.15) is 5.75 Å². The average molecular weight is 318 g/mol. The van der Waals surface area contributed by atoms with Gasteiger partial charge in [0.15, 0.2) is 5.78 Å². The first-order valence-electron chi connectivity index (χ1n) is 8.16. The number of ketones is 1. The molecule has 2 heteroatoms. The molecule has 0 N–H and O–H groups in total. The number of methoxy groups -OCH3 is 1. The number of carbonyl (C=O) groups is 1. The summed E-state index contributed by atoms with van der Waals surface area (Å²) >= 11 is 0. The Labute approximate surface area is 143 Å². The highest BCUT2D eigenvalue weighted by Crippen LogP contribution is 2.40. The predicted octanol–water partition coefficient (Wildman–Crippen LogP) is 5.31. The zero-order valence-corrected chi connectivity index (χ0v) is 14.6. The fourth-order valence-corrected chi connectivity index (χ4v) is 3.24. The average Bonchev–Trinajstić information content (AvgIpc) is 2.88. The molecule has 1 atom stereocenters. The van der Waals surface area contributed by atoms with Crippen molar-refractivity contribution in [3.05, 3.63) is 88.0 Å². The van der Waals surface area contributed by atoms with Crippen molar-refractivity contribution in [2.75, 3.05) is 7.11 Å². The number of carbonyl (C=O) groups excluding carboxylic acids is 1. The van der Waals surface area contributed by atoms with Crippen LogP contribution >= 0.6 is 0 Å². The first kappa shape index (κ1) is 16.3. The van der Waals surface area contributed by atoms with Crippen molar-refractivity contribution in [1.29, 1.82) is 0 Å². The molecule has 24 heavy (non-hydrogen) atoms. The van der Waals surface area contributed by atoms with Gasteiger partial charge in [-0.25, -0.2) is 0 Å². The Morgan fingerprint density at radius 1 is 1.00 bits per heavy atom. The maximum Gasteiger partial charge on any atom is 0.193 e. The summed E-state index contributed by atoms with van der Waals surface area (Å²) in [5.41, 5.74) is 6.35. The predicted molar refractivity (Wildman–Crippen MR) is 97.7 cm³/mol. The van der Waals surface area contributed by atoms with Gasteiger partial charge >= 0.3 is 0 Å². The van der Waals surface area contributed by atoms with E-state index in [1.165, 1.54) is 16.7 Å². The lowest BCUT2D eigenvalue weighted by Gasteiger charge is -2.17. The Morgan fingerprint density at radius 3 is 2.29 bits per heavy atom. The highest BCUT2D eigenvalue weighted by atomic mass is 16.5. The molecule has 0 bridgehead atoms. The largest absolute Gasteiger partial charge is 0.497 e. The lowest BCUT2D eigenvalue weighted by Crippen LogP contribution is -2.09. The second kappa shape index (κ2) is 6.48. The molecule has 0 amide bonds. The van der Waals surface area contributed by atoms with Crippen LogP contribution in [0.4, 0.5) is 0 Å². The zero-order chi connectivity index (χ0) is 17.3. The molecule has 2 nitrogen and oxygen atoms in total. The van der Waals surface area contributed by atoms with Crippen LogP contribution < -0.4 is 4.74 Å². The molecule has 0 aliphatic heterocycles. The topological polar surface area (TPSA) is 26.3 Å². The molecule has 0 radical (unpaired) electrons. The molecule has 1 aliphatic rings. The van der Waals surface area contributed by atoms with Gasteiger partial charge in [-0.3, -0.25) is 4.79 Å². The van der Waals surface area contributed by atoms with Gasteiger partial charge in [-0.2, -0.15) is 0 Å². The number of hydrogen-bond donors (Lipinski definition) is 0. The minimum absolute atomic E-state index is 0.0351. The fraction of sp³-hybridized carbons (Fsp3) is 0.227. The van der Waals surface area contributed by atoms with E-state index in [1.54, 1.807) is 7.11 Å². The summed E-state index contributed by atoms with van der Waals surface area (Å²) in [5, 5.41) is 0. The van der Waals surface area contributed by atoms with E-state index in [0.29, 0.717) is 16.9 Å². The van der Waals surface area contributed by atoms with Gasteiger partial charge in [0.25, 0.3) is 0 Å². The van der Waals surface area contributed by atoms with E-state index in [2.05, 4.69) is 26.8 Å². The normalized spacial score (nSPS) is 17.0. The Balaban J connectivity index is 2.13. The lowest BCUT2D eigenvalue weighted by molar-refractivity contribution is 0.103. The van der Waals surface area contributed by atoms with Crippen LogP contribution in [0.3, 0.4) is 0 Å². The van der Waals surface area contributed by atoms with Crippen molar-refractivity contribution in [1.82, 2.24) is 0 Å². The van der Waals surface area contributed by atoms with Crippen LogP contribution in [0.25, 0.3) is 0 Å². The van der Waals surface area contributed by atoms with Crippen molar-refractivity contribution in [3.8, 4) is 5.75 Å². The number of allylic oxidation sites excluding steroid dienone is 4. The Kier molecular flexibility index (Phi) is 4.39. The second-order valence-electron chi connectivity index (χ2n) is 6.28. The molecule has 0 fully saturated rings. The fourth-order valence-electron chi connectivity index (χ4n) is 3.24. The van der Waals surface area contributed by atoms with Crippen LogP contribution in [0.1, 0.15) is 48.2 Å². The van der Waals surface area contributed by atoms with Crippen molar-refractivity contribution in [2.45, 2.75) is 26.7 Å². The van der Waals surface area contributed by atoms with E-state index in [9.17, 15) is 4.79 Å². The van der Waals surface area contributed by atoms with E-state index >= 15 is 0 Å². The van der Waals surface area contributed by atoms with E-state index in [4.69, 9.17) is 4.74 Å². The number of rotatable bonds is 4. The quantitative estimate of drug-likeness (QED) is 0.714. The summed E-state index contributed by atoms with van der Waals surface area (Å²) in [7, 11) is 1.63. The summed E-state index contributed by atoms with van der Waals surface area (Å²) < 4.78 is 5.35. The van der Waals surface area contributed by atoms with Crippen LogP contribution in [0.5, 0.6) is 5.75 Å². The van der Waals surface area contributed by atoms with E-state index in [-0.39, 0.29) is 11.7 Å². The van der Waals surface area contributed by atoms with Crippen LogP contribution in [-0.2, 0) is 0 Å². The molecular formula is C22H22O2. The van der Waals surface area contributed by atoms with E-state index < -0.39 is 0 Å². The number of benzene rings is 2. The summed E-state index contributed by atoms with van der Waals surface area (Å²) in [6.07, 6.45) is 2.24. The summed E-state index contributed by atoms with van der Waals surface area (Å²) in [6.45, 7) is 6.42. The monoisotopic (exact) mass is 318 g/mol. The van der Waals surface area contributed by atoms with E-state index in [1.807, 2.05) is 48.5 Å². The van der Waals surface area contributed by atoms with Crippen molar-refractivity contribution in [2.24, 2.45) is 0 Å². The van der Waals surface area contributed by atoms with Gasteiger partial charge in [-0.1, -0.05) is 53.6 Å². The molecule has 1 aliphatic carbocycles. The highest BCUT2D eigenvalue weighted by molar-refractivity contribution is 6.10. The molecule has 0 heterocycles. The Hall–Kier alpha value is -2.61. The van der Waals surface area contributed by atoms with Crippen LogP contribution in [0, 0.1) is 0 Å². The van der Waals surface area contributed by atoms with Crippen LogP contribution in [0.2, 0.25) is 0 Å². The zero-order valence-electron chi connectivity index (χ0n) is 14.6. The molecule has 0 spiro atoms. The molecular weight excluding hydrogens is 296 g/mol. The molecule has 0 saturated carbocycles. The minimum atomic E-state index is 0.0351. The van der Waals surface area contributed by atoms with Gasteiger partial charge in [0, 0.05) is 17.0 Å². The van der Waals surface area contributed by atoms with E-state index in [0.717, 1.165) is 5.56 Å². The maximum absolute atomic E-state index is 13.1. The molecule has 0 saturated heterocycles. The first-order valence-corrected chi connectivity index (χ1v) is 8.16. The Morgan fingerprint density at radius 2 is 1.71 bits per heavy atom. The van der Waals surface area contributed by atoms with Gasteiger partial charge < -0.3 is 4.74 Å². The number of ether oxygens (including phenoxy) is 1. The van der Waals surface area contributed by atoms with Crippen molar-refractivity contribution in [3.63, 3.8) is 0 Å². The molecule has 122 valence electrons. The third-order valence-corrected chi connectivity index (χ3v) is 4.94. The SMILES string of the molecule is COc1ccc(C2C=C(C)C(C)=C2C)c(C(=O)c2ccccc2)c1. The summed E-state index contributed by atoms with van der Waals surface area (Å²) in [4.78, 5) is 13.1. The summed E-state index contributed by atoms with van der Waals surface area (Å²) in [5.74, 6) is 0.890. The molecule has 2 aromatic carbocycles. The van der Waals surface area contributed by atoms with Crippen molar-refractivity contribution >= 4 is 5.78 Å². The standard InChI is InChI=1S/C22H22O2/c1-14-12-20(16(3)15(14)2)19-11-10-18(24-4)13-21(19)22(23)17-8-6-5-7-9-17/h5-13,20H,1-4H3. The Bertz CT molecular complexity index is 842. The third kappa shape index (κ3) is 2.80. The molecule has 0 aromatic heterocycles. The molecule has 2 aromatic rings. The second-order valence-corrected chi connectivity index (χ2v) is 6.28. The first-order chi connectivity index (χ1) is 11.5. The third-order valence-electron chi connectivity index (χ3n) is 4.94. The van der Waals surface area contributed by atoms with Gasteiger partial charge in [0.2, 0.25) is 0 Å². The molecule has 1 unspecified atom stereocenters. The van der Waals surface area contributed by atoms with Gasteiger partial charge in [-0.05, 0) is 44.0 Å². The van der Waals surface area contributed by atoms with Crippen molar-refractivity contribution < 1.29 is 9.53 Å². The summed E-state index contributed by atoms with van der Waals surface area (Å²) in [6, 6.07) is 15.2. The maximum atomic E-state index is 13.1. The smallest absolute Gasteiger partial charge is 0.193 e. The van der Waals surface area contributed by atoms with Crippen LogP contribution in [-0.4, -0.2) is 12.9 Å². The lowest BCUT2D eigenvalue weighted by atomic mass is 9.87. The van der Waals surface area contributed by atoms with Gasteiger partial charge in [0.05, 0.1) is 7.11 Å². The number of hydrogen-bond acceptors (Lipinski definition) is 2.